The quantitative estimate of drug-likeness (QED) is 0.0448. The lowest BCUT2D eigenvalue weighted by Crippen LogP contribution is -2.46. The average molecular weight is 620 g/mol. The lowest BCUT2D eigenvalue weighted by atomic mass is 10.1. The first-order valence-corrected chi connectivity index (χ1v) is 19.5. The van der Waals surface area contributed by atoms with Crippen molar-refractivity contribution < 1.29 is 23.0 Å². The number of unbranched alkanes of at least 4 members (excludes halogenated alkanes) is 16. The topological polar surface area (TPSA) is 58.6 Å². The molecule has 1 aliphatic rings. The van der Waals surface area contributed by atoms with Crippen molar-refractivity contribution in [2.24, 2.45) is 0 Å². The monoisotopic (exact) mass is 619 g/mol. The maximum atomic E-state index is 12.5. The molecule has 1 heterocycles. The van der Waals surface area contributed by atoms with Crippen molar-refractivity contribution >= 4 is 7.82 Å². The number of phosphoric acid groups is 1. The van der Waals surface area contributed by atoms with Crippen LogP contribution >= 0.6 is 7.82 Å². The van der Waals surface area contributed by atoms with E-state index in [-0.39, 0.29) is 12.7 Å². The molecule has 1 fully saturated rings. The van der Waals surface area contributed by atoms with Crippen LogP contribution in [0.1, 0.15) is 147 Å². The zero-order valence-corrected chi connectivity index (χ0v) is 28.9. The third kappa shape index (κ3) is 20.6. The van der Waals surface area contributed by atoms with E-state index in [1.807, 2.05) is 0 Å². The van der Waals surface area contributed by atoms with Crippen LogP contribution in [0.2, 0.25) is 0 Å². The minimum absolute atomic E-state index is 0.242. The maximum Gasteiger partial charge on any atom is 0.268 e. The SMILES string of the molecule is CCCCCCCC/C=C\CCCCCCCCCCCCOP(=O)([O-])OC1CCC[N+](C)(CCc2ccccc2)CC1. The summed E-state index contributed by atoms with van der Waals surface area (Å²) in [6.45, 7) is 5.59. The van der Waals surface area contributed by atoms with E-state index < -0.39 is 7.82 Å². The normalized spacial score (nSPS) is 20.8. The fraction of sp³-hybridized carbons (Fsp3) is 0.784. The molecule has 1 aliphatic heterocycles. The molecule has 1 aromatic carbocycles. The Morgan fingerprint density at radius 3 is 1.95 bits per heavy atom. The lowest BCUT2D eigenvalue weighted by molar-refractivity contribution is -0.908. The van der Waals surface area contributed by atoms with Crippen molar-refractivity contribution in [2.45, 2.75) is 154 Å². The largest absolute Gasteiger partial charge is 0.756 e. The standard InChI is InChI=1S/C37H66NO4P/c1-3-4-5-6-7-8-9-10-11-12-13-14-15-16-17-18-19-20-21-25-35-41-43(39,40)42-37-29-26-32-38(2,34-31-37)33-30-36-27-23-22-24-28-36/h10-11,22-24,27-28,37H,3-9,12-21,25-26,29-35H2,1-2H3/b11-10-. The van der Waals surface area contributed by atoms with Gasteiger partial charge >= 0.3 is 0 Å². The Bertz CT molecular complexity index is 863. The number of quaternary nitrogens is 1. The number of likely N-dealkylation sites (tertiary alicyclic amines) is 1. The van der Waals surface area contributed by atoms with Gasteiger partial charge in [-0.25, -0.2) is 0 Å². The van der Waals surface area contributed by atoms with Crippen LogP contribution in [-0.4, -0.2) is 43.9 Å². The smallest absolute Gasteiger partial charge is 0.268 e. The summed E-state index contributed by atoms with van der Waals surface area (Å²) in [4.78, 5) is 12.5. The molecular formula is C37H66NO4P. The first kappa shape index (κ1) is 38.2. The van der Waals surface area contributed by atoms with Crippen molar-refractivity contribution in [1.29, 1.82) is 0 Å². The Morgan fingerprint density at radius 1 is 0.791 bits per heavy atom. The van der Waals surface area contributed by atoms with E-state index >= 15 is 0 Å². The van der Waals surface area contributed by atoms with Gasteiger partial charge in [0.1, 0.15) is 0 Å². The molecule has 3 atom stereocenters. The van der Waals surface area contributed by atoms with Gasteiger partial charge in [-0.3, -0.25) is 4.57 Å². The highest BCUT2D eigenvalue weighted by Crippen LogP contribution is 2.42. The minimum atomic E-state index is -4.24. The molecule has 43 heavy (non-hydrogen) atoms. The molecule has 0 amide bonds. The average Bonchev–Trinajstić information content (AvgIpc) is 3.18. The first-order chi connectivity index (χ1) is 20.9. The molecule has 0 aromatic heterocycles. The molecular weight excluding hydrogens is 553 g/mol. The van der Waals surface area contributed by atoms with E-state index in [4.69, 9.17) is 9.05 Å². The number of benzene rings is 1. The molecule has 0 spiro atoms. The van der Waals surface area contributed by atoms with Gasteiger partial charge < -0.3 is 18.4 Å². The summed E-state index contributed by atoms with van der Waals surface area (Å²) in [5.41, 5.74) is 1.36. The maximum absolute atomic E-state index is 12.5. The molecule has 1 saturated heterocycles. The molecule has 248 valence electrons. The van der Waals surface area contributed by atoms with Gasteiger partial charge in [0.15, 0.2) is 0 Å². The van der Waals surface area contributed by atoms with Gasteiger partial charge in [0.05, 0.1) is 39.4 Å². The summed E-state index contributed by atoms with van der Waals surface area (Å²) in [6.07, 6.45) is 31.1. The van der Waals surface area contributed by atoms with Gasteiger partial charge in [-0.05, 0) is 50.5 Å². The Morgan fingerprint density at radius 2 is 1.35 bits per heavy atom. The predicted octanol–water partition coefficient (Wildman–Crippen LogP) is 10.3. The Labute approximate surface area is 266 Å². The molecule has 0 saturated carbocycles. The van der Waals surface area contributed by atoms with E-state index in [0.29, 0.717) is 0 Å². The summed E-state index contributed by atoms with van der Waals surface area (Å²) < 4.78 is 24.2. The van der Waals surface area contributed by atoms with Crippen LogP contribution in [0.25, 0.3) is 0 Å². The van der Waals surface area contributed by atoms with E-state index in [9.17, 15) is 9.46 Å². The van der Waals surface area contributed by atoms with Gasteiger partial charge in [-0.1, -0.05) is 133 Å². The molecule has 0 aliphatic carbocycles. The van der Waals surface area contributed by atoms with Crippen LogP contribution in [-0.2, 0) is 20.0 Å². The highest BCUT2D eigenvalue weighted by Gasteiger charge is 2.29. The number of nitrogens with zero attached hydrogens (tertiary/aromatic N) is 1. The third-order valence-corrected chi connectivity index (χ3v) is 10.2. The van der Waals surface area contributed by atoms with E-state index in [0.717, 1.165) is 69.1 Å². The molecule has 0 bridgehead atoms. The Hall–Kier alpha value is -0.970. The minimum Gasteiger partial charge on any atom is -0.756 e. The fourth-order valence-electron chi connectivity index (χ4n) is 6.23. The highest BCUT2D eigenvalue weighted by molar-refractivity contribution is 7.45. The van der Waals surface area contributed by atoms with Gasteiger partial charge in [0.25, 0.3) is 7.82 Å². The molecule has 1 aromatic rings. The molecule has 2 rings (SSSR count). The van der Waals surface area contributed by atoms with Crippen molar-refractivity contribution in [2.75, 3.05) is 33.3 Å². The van der Waals surface area contributed by atoms with Crippen LogP contribution in [0.15, 0.2) is 42.5 Å². The zero-order chi connectivity index (χ0) is 30.9. The number of rotatable bonds is 26. The van der Waals surface area contributed by atoms with Crippen molar-refractivity contribution in [1.82, 2.24) is 0 Å². The lowest BCUT2D eigenvalue weighted by Gasteiger charge is -2.34. The number of hydrogen-bond acceptors (Lipinski definition) is 4. The number of phosphoric ester groups is 1. The Balaban J connectivity index is 1.39. The summed E-state index contributed by atoms with van der Waals surface area (Å²) in [6, 6.07) is 10.6. The molecule has 3 unspecified atom stereocenters. The van der Waals surface area contributed by atoms with Crippen LogP contribution in [0.3, 0.4) is 0 Å². The second-order valence-electron chi connectivity index (χ2n) is 13.3. The highest BCUT2D eigenvalue weighted by atomic mass is 31.2. The second-order valence-corrected chi connectivity index (χ2v) is 14.7. The van der Waals surface area contributed by atoms with Gasteiger partial charge in [0, 0.05) is 12.8 Å². The zero-order valence-electron chi connectivity index (χ0n) is 28.0. The van der Waals surface area contributed by atoms with E-state index in [1.165, 1.54) is 102 Å². The summed E-state index contributed by atoms with van der Waals surface area (Å²) in [5, 5.41) is 0. The van der Waals surface area contributed by atoms with Crippen molar-refractivity contribution in [3.8, 4) is 0 Å². The van der Waals surface area contributed by atoms with E-state index in [2.05, 4.69) is 56.5 Å². The van der Waals surface area contributed by atoms with Gasteiger partial charge in [0.2, 0.25) is 0 Å². The second kappa shape index (κ2) is 24.3. The van der Waals surface area contributed by atoms with Crippen LogP contribution in [0, 0.1) is 0 Å². The first-order valence-electron chi connectivity index (χ1n) is 18.1. The van der Waals surface area contributed by atoms with Crippen LogP contribution in [0.4, 0.5) is 0 Å². The van der Waals surface area contributed by atoms with Gasteiger partial charge in [-0.2, -0.15) is 0 Å². The van der Waals surface area contributed by atoms with Crippen LogP contribution in [0.5, 0.6) is 0 Å². The third-order valence-electron chi connectivity index (χ3n) is 9.18. The van der Waals surface area contributed by atoms with Crippen LogP contribution < -0.4 is 4.89 Å². The summed E-state index contributed by atoms with van der Waals surface area (Å²) in [7, 11) is -1.95. The van der Waals surface area contributed by atoms with Crippen molar-refractivity contribution in [3.05, 3.63) is 48.0 Å². The fourth-order valence-corrected chi connectivity index (χ4v) is 7.22. The number of allylic oxidation sites excluding steroid dienone is 2. The van der Waals surface area contributed by atoms with E-state index in [1.54, 1.807) is 0 Å². The molecule has 5 nitrogen and oxygen atoms in total. The van der Waals surface area contributed by atoms with Gasteiger partial charge in [-0.15, -0.1) is 0 Å². The molecule has 0 radical (unpaired) electrons. The summed E-state index contributed by atoms with van der Waals surface area (Å²) in [5.74, 6) is 0. The molecule has 0 N–H and O–H groups in total. The molecule has 6 heteroatoms. The predicted molar refractivity (Wildman–Crippen MR) is 181 cm³/mol. The van der Waals surface area contributed by atoms with Crippen molar-refractivity contribution in [3.63, 3.8) is 0 Å². The number of hydrogen-bond donors (Lipinski definition) is 0. The number of likely N-dealkylation sites (N-methyl/N-ethyl adjacent to an activating group) is 1. The Kier molecular flexibility index (Phi) is 21.6. The summed E-state index contributed by atoms with van der Waals surface area (Å²) >= 11 is 0.